The number of carbonyl (C=O) groups excluding carboxylic acids is 1. The Kier molecular flexibility index (Phi) is 4.76. The molecule has 4 nitrogen and oxygen atoms in total. The molecule has 0 saturated carbocycles. The van der Waals surface area contributed by atoms with Crippen LogP contribution in [0.5, 0.6) is 0 Å². The molecular formula is C11H16BrN3O. The summed E-state index contributed by atoms with van der Waals surface area (Å²) < 4.78 is 1.02. The van der Waals surface area contributed by atoms with Gasteiger partial charge < -0.3 is 16.0 Å². The molecule has 0 aromatic heterocycles. The summed E-state index contributed by atoms with van der Waals surface area (Å²) in [6.07, 6.45) is 0. The molecule has 0 aliphatic rings. The lowest BCUT2D eigenvalue weighted by atomic mass is 10.2. The van der Waals surface area contributed by atoms with Crippen LogP contribution in [0.1, 0.15) is 5.56 Å². The van der Waals surface area contributed by atoms with E-state index in [1.165, 1.54) is 5.56 Å². The van der Waals surface area contributed by atoms with Crippen LogP contribution in [0.25, 0.3) is 0 Å². The first kappa shape index (κ1) is 13.0. The van der Waals surface area contributed by atoms with Gasteiger partial charge in [0, 0.05) is 23.8 Å². The summed E-state index contributed by atoms with van der Waals surface area (Å²) in [5.41, 5.74) is 7.29. The zero-order chi connectivity index (χ0) is 12.1. The number of halogens is 1. The summed E-state index contributed by atoms with van der Waals surface area (Å²) in [5, 5.41) is 3.09. The minimum Gasteiger partial charge on any atom is -0.368 e. The van der Waals surface area contributed by atoms with Gasteiger partial charge in [0.2, 0.25) is 5.91 Å². The molecule has 0 bridgehead atoms. The van der Waals surface area contributed by atoms with Crippen LogP contribution < -0.4 is 16.0 Å². The van der Waals surface area contributed by atoms with Gasteiger partial charge in [-0.15, -0.1) is 0 Å². The third-order valence-corrected chi connectivity index (χ3v) is 2.98. The van der Waals surface area contributed by atoms with E-state index in [0.29, 0.717) is 0 Å². The zero-order valence-electron chi connectivity index (χ0n) is 9.46. The van der Waals surface area contributed by atoms with Gasteiger partial charge >= 0.3 is 0 Å². The Morgan fingerprint density at radius 3 is 2.75 bits per heavy atom. The van der Waals surface area contributed by atoms with E-state index < -0.39 is 0 Å². The Morgan fingerprint density at radius 2 is 2.25 bits per heavy atom. The lowest BCUT2D eigenvalue weighted by Gasteiger charge is -2.18. The summed E-state index contributed by atoms with van der Waals surface area (Å²) in [4.78, 5) is 12.6. The number of hydrogen-bond acceptors (Lipinski definition) is 3. The predicted octanol–water partition coefficient (Wildman–Crippen LogP) is 1.09. The minimum absolute atomic E-state index is 0.220. The number of nitrogens with two attached hydrogens (primary N) is 1. The minimum atomic E-state index is -0.335. The highest BCUT2D eigenvalue weighted by Crippen LogP contribution is 2.23. The summed E-state index contributed by atoms with van der Waals surface area (Å²) in [7, 11) is 3.74. The average molecular weight is 286 g/mol. The molecule has 0 aliphatic carbocycles. The maximum absolute atomic E-state index is 10.8. The molecule has 0 unspecified atom stereocenters. The van der Waals surface area contributed by atoms with E-state index in [4.69, 9.17) is 5.73 Å². The van der Waals surface area contributed by atoms with E-state index in [-0.39, 0.29) is 12.5 Å². The maximum atomic E-state index is 10.8. The molecule has 3 N–H and O–H groups in total. The first-order valence-corrected chi connectivity index (χ1v) is 5.76. The molecule has 1 amide bonds. The van der Waals surface area contributed by atoms with Gasteiger partial charge in [-0.25, -0.2) is 0 Å². The first-order chi connectivity index (χ1) is 7.54. The van der Waals surface area contributed by atoms with Crippen molar-refractivity contribution < 1.29 is 4.79 Å². The number of benzene rings is 1. The number of hydrogen-bond donors (Lipinski definition) is 2. The second-order valence-electron chi connectivity index (χ2n) is 3.63. The van der Waals surface area contributed by atoms with Crippen molar-refractivity contribution in [2.75, 3.05) is 25.5 Å². The zero-order valence-corrected chi connectivity index (χ0v) is 11.0. The van der Waals surface area contributed by atoms with Gasteiger partial charge in [-0.3, -0.25) is 4.79 Å². The highest BCUT2D eigenvalue weighted by atomic mass is 79.9. The molecule has 0 spiro atoms. The summed E-state index contributed by atoms with van der Waals surface area (Å²) in [6, 6.07) is 5.98. The third-order valence-electron chi connectivity index (χ3n) is 2.24. The Labute approximate surface area is 104 Å². The van der Waals surface area contributed by atoms with Crippen molar-refractivity contribution >= 4 is 27.5 Å². The second kappa shape index (κ2) is 5.86. The molecule has 88 valence electrons. The number of carbonyl (C=O) groups is 1. The smallest absolute Gasteiger partial charge is 0.236 e. The molecule has 1 aromatic carbocycles. The molecule has 16 heavy (non-hydrogen) atoms. The second-order valence-corrected chi connectivity index (χ2v) is 4.48. The maximum Gasteiger partial charge on any atom is 0.236 e. The predicted molar refractivity (Wildman–Crippen MR) is 69.4 cm³/mol. The van der Waals surface area contributed by atoms with Crippen LogP contribution in [-0.2, 0) is 11.3 Å². The fourth-order valence-corrected chi connectivity index (χ4v) is 1.94. The van der Waals surface area contributed by atoms with Crippen molar-refractivity contribution in [2.45, 2.75) is 6.54 Å². The quantitative estimate of drug-likeness (QED) is 0.852. The van der Waals surface area contributed by atoms with Crippen molar-refractivity contribution in [3.8, 4) is 0 Å². The van der Waals surface area contributed by atoms with Crippen molar-refractivity contribution in [1.29, 1.82) is 0 Å². The average Bonchev–Trinajstić information content (AvgIpc) is 2.20. The summed E-state index contributed by atoms with van der Waals surface area (Å²) in [5.74, 6) is -0.335. The molecule has 0 aliphatic heterocycles. The van der Waals surface area contributed by atoms with Crippen molar-refractivity contribution in [3.05, 3.63) is 28.2 Å². The molecule has 0 fully saturated rings. The lowest BCUT2D eigenvalue weighted by Crippen LogP contribution is -2.30. The monoisotopic (exact) mass is 285 g/mol. The van der Waals surface area contributed by atoms with Gasteiger partial charge in [0.1, 0.15) is 0 Å². The number of primary amides is 1. The number of amides is 1. The van der Waals surface area contributed by atoms with Gasteiger partial charge in [-0.2, -0.15) is 0 Å². The molecule has 1 rings (SSSR count). The van der Waals surface area contributed by atoms with Crippen LogP contribution in [0, 0.1) is 0 Å². The van der Waals surface area contributed by atoms with E-state index in [9.17, 15) is 4.79 Å². The molecule has 0 heterocycles. The van der Waals surface area contributed by atoms with Crippen LogP contribution in [-0.4, -0.2) is 26.5 Å². The molecular weight excluding hydrogens is 270 g/mol. The van der Waals surface area contributed by atoms with Crippen LogP contribution in [0.2, 0.25) is 0 Å². The van der Waals surface area contributed by atoms with Crippen molar-refractivity contribution in [3.63, 3.8) is 0 Å². The van der Waals surface area contributed by atoms with Crippen LogP contribution in [0.3, 0.4) is 0 Å². The van der Waals surface area contributed by atoms with Gasteiger partial charge in [-0.1, -0.05) is 22.0 Å². The van der Waals surface area contributed by atoms with E-state index in [1.54, 1.807) is 0 Å². The fourth-order valence-electron chi connectivity index (χ4n) is 1.43. The van der Waals surface area contributed by atoms with Crippen molar-refractivity contribution in [2.24, 2.45) is 5.73 Å². The van der Waals surface area contributed by atoms with Crippen LogP contribution in [0.4, 0.5) is 5.69 Å². The molecule has 0 saturated heterocycles. The largest absolute Gasteiger partial charge is 0.368 e. The molecule has 1 aromatic rings. The molecule has 0 radical (unpaired) electrons. The van der Waals surface area contributed by atoms with Gasteiger partial charge in [-0.05, 0) is 24.7 Å². The normalized spacial score (nSPS) is 10.2. The van der Waals surface area contributed by atoms with Crippen LogP contribution in [0.15, 0.2) is 22.7 Å². The number of nitrogens with zero attached hydrogens (tertiary/aromatic N) is 1. The fraction of sp³-hybridized carbons (Fsp3) is 0.364. The Hall–Kier alpha value is -1.07. The third kappa shape index (κ3) is 3.50. The number of rotatable bonds is 5. The Bertz CT molecular complexity index is 381. The highest BCUT2D eigenvalue weighted by Gasteiger charge is 2.06. The van der Waals surface area contributed by atoms with E-state index in [2.05, 4.69) is 21.2 Å². The first-order valence-electron chi connectivity index (χ1n) is 4.97. The topological polar surface area (TPSA) is 58.4 Å². The van der Waals surface area contributed by atoms with E-state index in [0.717, 1.165) is 16.7 Å². The van der Waals surface area contributed by atoms with E-state index in [1.807, 2.05) is 37.2 Å². The highest BCUT2D eigenvalue weighted by molar-refractivity contribution is 9.10. The SMILES string of the molecule is CNCc1ccc(N(C)CC(N)=O)cc1Br. The molecule has 0 atom stereocenters. The number of likely N-dealkylation sites (N-methyl/N-ethyl adjacent to an activating group) is 1. The van der Waals surface area contributed by atoms with Gasteiger partial charge in [0.15, 0.2) is 0 Å². The van der Waals surface area contributed by atoms with Crippen molar-refractivity contribution in [1.82, 2.24) is 5.32 Å². The van der Waals surface area contributed by atoms with E-state index >= 15 is 0 Å². The van der Waals surface area contributed by atoms with Crippen LogP contribution >= 0.6 is 15.9 Å². The standard InChI is InChI=1S/C11H16BrN3O/c1-14-6-8-3-4-9(5-10(8)12)15(2)7-11(13)16/h3-5,14H,6-7H2,1-2H3,(H2,13,16). The van der Waals surface area contributed by atoms with Gasteiger partial charge in [0.05, 0.1) is 6.54 Å². The Balaban J connectivity index is 2.83. The lowest BCUT2D eigenvalue weighted by molar-refractivity contribution is -0.116. The Morgan fingerprint density at radius 1 is 1.56 bits per heavy atom. The summed E-state index contributed by atoms with van der Waals surface area (Å²) >= 11 is 3.50. The summed E-state index contributed by atoms with van der Waals surface area (Å²) in [6.45, 7) is 1.03. The molecule has 5 heteroatoms. The van der Waals surface area contributed by atoms with Gasteiger partial charge in [0.25, 0.3) is 0 Å². The number of anilines is 1. The number of nitrogens with one attached hydrogen (secondary N) is 1.